The van der Waals surface area contributed by atoms with Crippen molar-refractivity contribution in [3.8, 4) is 0 Å². The normalized spacial score (nSPS) is 29.2. The molecule has 1 heterocycles. The number of nitrogens with zero attached hydrogens (tertiary/aromatic N) is 1. The van der Waals surface area contributed by atoms with E-state index in [9.17, 15) is 0 Å². The highest BCUT2D eigenvalue weighted by atomic mass is 32.2. The first kappa shape index (κ1) is 12.7. The van der Waals surface area contributed by atoms with E-state index in [0.29, 0.717) is 0 Å². The highest BCUT2D eigenvalue weighted by molar-refractivity contribution is 8.00. The zero-order chi connectivity index (χ0) is 11.4. The molecule has 2 unspecified atom stereocenters. The first-order chi connectivity index (χ1) is 7.79. The van der Waals surface area contributed by atoms with Gasteiger partial charge in [0.2, 0.25) is 0 Å². The molecular formula is C13H26N2S. The van der Waals surface area contributed by atoms with Crippen molar-refractivity contribution >= 4 is 11.8 Å². The molecule has 94 valence electrons. The summed E-state index contributed by atoms with van der Waals surface area (Å²) < 4.78 is 0. The summed E-state index contributed by atoms with van der Waals surface area (Å²) in [4.78, 5) is 2.64. The Kier molecular flexibility index (Phi) is 4.98. The van der Waals surface area contributed by atoms with E-state index in [1.807, 2.05) is 0 Å². The van der Waals surface area contributed by atoms with E-state index in [0.717, 1.165) is 17.2 Å². The molecule has 2 nitrogen and oxygen atoms in total. The standard InChI is InChI=1S/C13H26N2S/c1-3-13-10-15(8-9-16-13)7-6-14-11(2)12-4-5-12/h11-14H,3-10H2,1-2H3. The zero-order valence-electron chi connectivity index (χ0n) is 10.7. The second-order valence-electron chi connectivity index (χ2n) is 5.28. The van der Waals surface area contributed by atoms with Crippen LogP contribution in [0.4, 0.5) is 0 Å². The van der Waals surface area contributed by atoms with Gasteiger partial charge in [0.25, 0.3) is 0 Å². The number of hydrogen-bond acceptors (Lipinski definition) is 3. The van der Waals surface area contributed by atoms with Crippen LogP contribution in [0.2, 0.25) is 0 Å². The Balaban J connectivity index is 1.57. The van der Waals surface area contributed by atoms with E-state index in [4.69, 9.17) is 0 Å². The van der Waals surface area contributed by atoms with Crippen molar-refractivity contribution < 1.29 is 0 Å². The number of rotatable bonds is 6. The average molecular weight is 242 g/mol. The summed E-state index contributed by atoms with van der Waals surface area (Å²) in [6.07, 6.45) is 4.23. The number of thioether (sulfide) groups is 1. The molecule has 1 N–H and O–H groups in total. The van der Waals surface area contributed by atoms with Crippen LogP contribution in [0.5, 0.6) is 0 Å². The van der Waals surface area contributed by atoms with Gasteiger partial charge in [0.05, 0.1) is 0 Å². The van der Waals surface area contributed by atoms with Gasteiger partial charge in [-0.1, -0.05) is 6.92 Å². The fourth-order valence-electron chi connectivity index (χ4n) is 2.44. The molecule has 2 atom stereocenters. The maximum atomic E-state index is 3.68. The lowest BCUT2D eigenvalue weighted by atomic mass is 10.2. The second kappa shape index (κ2) is 6.27. The minimum Gasteiger partial charge on any atom is -0.313 e. The van der Waals surface area contributed by atoms with Crippen molar-refractivity contribution in [1.29, 1.82) is 0 Å². The van der Waals surface area contributed by atoms with Gasteiger partial charge in [-0.2, -0.15) is 11.8 Å². The van der Waals surface area contributed by atoms with Crippen LogP contribution in [0.25, 0.3) is 0 Å². The van der Waals surface area contributed by atoms with Gasteiger partial charge >= 0.3 is 0 Å². The van der Waals surface area contributed by atoms with Crippen LogP contribution in [0.15, 0.2) is 0 Å². The van der Waals surface area contributed by atoms with Crippen LogP contribution >= 0.6 is 11.8 Å². The third kappa shape index (κ3) is 3.94. The summed E-state index contributed by atoms with van der Waals surface area (Å²) in [6.45, 7) is 9.68. The van der Waals surface area contributed by atoms with Gasteiger partial charge < -0.3 is 10.2 Å². The zero-order valence-corrected chi connectivity index (χ0v) is 11.6. The van der Waals surface area contributed by atoms with Crippen molar-refractivity contribution in [2.24, 2.45) is 5.92 Å². The molecule has 1 aliphatic carbocycles. The summed E-state index contributed by atoms with van der Waals surface area (Å²) >= 11 is 2.16. The molecule has 1 aliphatic heterocycles. The Hall–Kier alpha value is 0.270. The Morgan fingerprint density at radius 1 is 1.44 bits per heavy atom. The SMILES string of the molecule is CCC1CN(CCNC(C)C2CC2)CCS1. The van der Waals surface area contributed by atoms with Gasteiger partial charge in [-0.05, 0) is 32.1 Å². The summed E-state index contributed by atoms with van der Waals surface area (Å²) in [6, 6.07) is 0.751. The predicted molar refractivity (Wildman–Crippen MR) is 73.2 cm³/mol. The molecule has 0 radical (unpaired) electrons. The van der Waals surface area contributed by atoms with Crippen molar-refractivity contribution in [3.63, 3.8) is 0 Å². The average Bonchev–Trinajstić information content (AvgIpc) is 3.13. The lowest BCUT2D eigenvalue weighted by Gasteiger charge is -2.32. The van der Waals surface area contributed by atoms with Gasteiger partial charge in [-0.25, -0.2) is 0 Å². The van der Waals surface area contributed by atoms with E-state index in [1.54, 1.807) is 0 Å². The molecule has 1 saturated heterocycles. The summed E-state index contributed by atoms with van der Waals surface area (Å²) in [7, 11) is 0. The van der Waals surface area contributed by atoms with Crippen molar-refractivity contribution in [3.05, 3.63) is 0 Å². The van der Waals surface area contributed by atoms with Crippen LogP contribution in [0, 0.1) is 5.92 Å². The molecule has 0 amide bonds. The third-order valence-corrected chi connectivity index (χ3v) is 5.27. The summed E-state index contributed by atoms with van der Waals surface area (Å²) in [5.74, 6) is 2.32. The molecule has 2 fully saturated rings. The molecule has 0 aromatic carbocycles. The quantitative estimate of drug-likeness (QED) is 0.769. The van der Waals surface area contributed by atoms with Gasteiger partial charge in [0.15, 0.2) is 0 Å². The number of hydrogen-bond donors (Lipinski definition) is 1. The predicted octanol–water partition coefficient (Wildman–Crippen LogP) is 2.20. The highest BCUT2D eigenvalue weighted by Crippen LogP contribution is 2.32. The van der Waals surface area contributed by atoms with Crippen LogP contribution in [0.3, 0.4) is 0 Å². The Morgan fingerprint density at radius 3 is 2.94 bits per heavy atom. The molecule has 16 heavy (non-hydrogen) atoms. The molecule has 0 spiro atoms. The largest absolute Gasteiger partial charge is 0.313 e. The fraction of sp³-hybridized carbons (Fsp3) is 1.00. The Morgan fingerprint density at radius 2 is 2.25 bits per heavy atom. The van der Waals surface area contributed by atoms with E-state index in [2.05, 4.69) is 35.8 Å². The molecule has 0 aromatic heterocycles. The third-order valence-electron chi connectivity index (χ3n) is 3.90. The fourth-order valence-corrected chi connectivity index (χ4v) is 3.69. The molecule has 0 bridgehead atoms. The molecular weight excluding hydrogens is 216 g/mol. The van der Waals surface area contributed by atoms with E-state index in [-0.39, 0.29) is 0 Å². The van der Waals surface area contributed by atoms with Gasteiger partial charge in [-0.3, -0.25) is 0 Å². The Bertz CT molecular complexity index is 206. The minimum absolute atomic E-state index is 0.751. The second-order valence-corrected chi connectivity index (χ2v) is 6.69. The van der Waals surface area contributed by atoms with Crippen molar-refractivity contribution in [1.82, 2.24) is 10.2 Å². The summed E-state index contributed by atoms with van der Waals surface area (Å²) in [5, 5.41) is 4.56. The summed E-state index contributed by atoms with van der Waals surface area (Å²) in [5.41, 5.74) is 0. The number of nitrogens with one attached hydrogen (secondary N) is 1. The van der Waals surface area contributed by atoms with E-state index in [1.165, 1.54) is 51.2 Å². The van der Waals surface area contributed by atoms with E-state index < -0.39 is 0 Å². The lowest BCUT2D eigenvalue weighted by Crippen LogP contribution is -2.42. The van der Waals surface area contributed by atoms with Crippen LogP contribution in [-0.2, 0) is 0 Å². The van der Waals surface area contributed by atoms with Crippen LogP contribution in [-0.4, -0.2) is 48.1 Å². The molecule has 1 saturated carbocycles. The van der Waals surface area contributed by atoms with Crippen molar-refractivity contribution in [2.75, 3.05) is 31.9 Å². The van der Waals surface area contributed by atoms with Crippen molar-refractivity contribution in [2.45, 2.75) is 44.4 Å². The van der Waals surface area contributed by atoms with Gasteiger partial charge in [0, 0.05) is 43.2 Å². The van der Waals surface area contributed by atoms with Crippen LogP contribution in [0.1, 0.15) is 33.1 Å². The molecule has 2 rings (SSSR count). The smallest absolute Gasteiger partial charge is 0.0172 e. The first-order valence-electron chi connectivity index (χ1n) is 6.87. The molecule has 3 heteroatoms. The first-order valence-corrected chi connectivity index (χ1v) is 7.91. The van der Waals surface area contributed by atoms with Gasteiger partial charge in [0.1, 0.15) is 0 Å². The maximum Gasteiger partial charge on any atom is 0.0172 e. The topological polar surface area (TPSA) is 15.3 Å². The maximum absolute atomic E-state index is 3.68. The van der Waals surface area contributed by atoms with Crippen LogP contribution < -0.4 is 5.32 Å². The lowest BCUT2D eigenvalue weighted by molar-refractivity contribution is 0.274. The Labute approximate surface area is 105 Å². The molecule has 0 aromatic rings. The monoisotopic (exact) mass is 242 g/mol. The minimum atomic E-state index is 0.751. The molecule has 2 aliphatic rings. The van der Waals surface area contributed by atoms with Gasteiger partial charge in [-0.15, -0.1) is 0 Å². The highest BCUT2D eigenvalue weighted by Gasteiger charge is 2.27. The van der Waals surface area contributed by atoms with E-state index >= 15 is 0 Å².